The predicted octanol–water partition coefficient (Wildman–Crippen LogP) is 3.41. The summed E-state index contributed by atoms with van der Waals surface area (Å²) < 4.78 is 5.69. The maximum atomic E-state index is 13.5. The maximum Gasteiger partial charge on any atom is 0.287 e. The zero-order valence-corrected chi connectivity index (χ0v) is 16.7. The van der Waals surface area contributed by atoms with Crippen LogP contribution in [0, 0.1) is 0 Å². The standard InChI is InChI=1S/C25H26N2O2/c1-2-29-23-15-9-8-14-22(23)26-25(28)24(20-11-4-3-5-12-20)27-17-16-19-10-6-7-13-21(19)18-27/h3-15,24H,2,16-18H2,1H3,(H,26,28)/p+1/t24-/m1/s1. The van der Waals surface area contributed by atoms with Crippen molar-refractivity contribution in [2.45, 2.75) is 25.9 Å². The van der Waals surface area contributed by atoms with Gasteiger partial charge in [0.25, 0.3) is 5.91 Å². The Balaban J connectivity index is 1.63. The first-order chi connectivity index (χ1) is 14.3. The molecule has 0 aliphatic carbocycles. The molecule has 3 aromatic rings. The highest BCUT2D eigenvalue weighted by atomic mass is 16.5. The third-order valence-electron chi connectivity index (χ3n) is 5.50. The van der Waals surface area contributed by atoms with E-state index in [1.165, 1.54) is 16.0 Å². The highest BCUT2D eigenvalue weighted by molar-refractivity contribution is 5.95. The molecule has 0 fully saturated rings. The van der Waals surface area contributed by atoms with E-state index in [-0.39, 0.29) is 11.9 Å². The second-order valence-electron chi connectivity index (χ2n) is 7.37. The summed E-state index contributed by atoms with van der Waals surface area (Å²) in [4.78, 5) is 14.8. The highest BCUT2D eigenvalue weighted by Gasteiger charge is 2.34. The zero-order valence-electron chi connectivity index (χ0n) is 16.7. The van der Waals surface area contributed by atoms with Crippen LogP contribution in [0.1, 0.15) is 29.7 Å². The molecular weight excluding hydrogens is 360 g/mol. The first-order valence-electron chi connectivity index (χ1n) is 10.2. The van der Waals surface area contributed by atoms with Crippen molar-refractivity contribution in [3.63, 3.8) is 0 Å². The lowest BCUT2D eigenvalue weighted by Crippen LogP contribution is -3.13. The molecule has 2 N–H and O–H groups in total. The van der Waals surface area contributed by atoms with Gasteiger partial charge in [-0.05, 0) is 24.6 Å². The number of fused-ring (bicyclic) bond motifs is 1. The largest absolute Gasteiger partial charge is 0.492 e. The molecule has 3 aromatic carbocycles. The summed E-state index contributed by atoms with van der Waals surface area (Å²) in [5.74, 6) is 0.701. The molecular formula is C25H27N2O2+. The Labute approximate surface area is 172 Å². The molecule has 1 aliphatic rings. The van der Waals surface area contributed by atoms with E-state index in [0.29, 0.717) is 12.4 Å². The van der Waals surface area contributed by atoms with Gasteiger partial charge in [0.1, 0.15) is 12.3 Å². The van der Waals surface area contributed by atoms with E-state index in [1.807, 2.05) is 61.5 Å². The summed E-state index contributed by atoms with van der Waals surface area (Å²) >= 11 is 0. The molecule has 1 aliphatic heterocycles. The number of nitrogens with one attached hydrogen (secondary N) is 2. The van der Waals surface area contributed by atoms with Crippen LogP contribution in [-0.4, -0.2) is 19.1 Å². The van der Waals surface area contributed by atoms with Crippen LogP contribution in [0.25, 0.3) is 0 Å². The number of hydrogen-bond acceptors (Lipinski definition) is 2. The number of hydrogen-bond donors (Lipinski definition) is 2. The molecule has 1 heterocycles. The fourth-order valence-electron chi connectivity index (χ4n) is 4.12. The summed E-state index contributed by atoms with van der Waals surface area (Å²) in [6, 6.07) is 26.0. The number of anilines is 1. The van der Waals surface area contributed by atoms with Crippen LogP contribution in [0.5, 0.6) is 5.75 Å². The number of ether oxygens (including phenoxy) is 1. The molecule has 0 saturated heterocycles. The van der Waals surface area contributed by atoms with Crippen LogP contribution >= 0.6 is 0 Å². The number of amides is 1. The molecule has 1 amide bonds. The van der Waals surface area contributed by atoms with Gasteiger partial charge in [0.15, 0.2) is 6.04 Å². The molecule has 0 radical (unpaired) electrons. The van der Waals surface area contributed by atoms with Crippen molar-refractivity contribution in [2.75, 3.05) is 18.5 Å². The van der Waals surface area contributed by atoms with Crippen molar-refractivity contribution in [1.29, 1.82) is 0 Å². The van der Waals surface area contributed by atoms with Gasteiger partial charge in [-0.3, -0.25) is 4.79 Å². The zero-order chi connectivity index (χ0) is 20.1. The van der Waals surface area contributed by atoms with Gasteiger partial charge in [-0.2, -0.15) is 0 Å². The Morgan fingerprint density at radius 3 is 2.45 bits per heavy atom. The summed E-state index contributed by atoms with van der Waals surface area (Å²) in [6.45, 7) is 4.28. The molecule has 0 saturated carbocycles. The number of carbonyl (C=O) groups excluding carboxylic acids is 1. The first-order valence-corrected chi connectivity index (χ1v) is 10.2. The van der Waals surface area contributed by atoms with Gasteiger partial charge < -0.3 is 15.0 Å². The van der Waals surface area contributed by atoms with E-state index in [2.05, 4.69) is 29.6 Å². The van der Waals surface area contributed by atoms with Gasteiger partial charge >= 0.3 is 0 Å². The molecule has 0 bridgehead atoms. The molecule has 29 heavy (non-hydrogen) atoms. The highest BCUT2D eigenvalue weighted by Crippen LogP contribution is 2.25. The topological polar surface area (TPSA) is 42.8 Å². The minimum absolute atomic E-state index is 0.00210. The summed E-state index contributed by atoms with van der Waals surface area (Å²) in [5.41, 5.74) is 4.48. The third kappa shape index (κ3) is 4.33. The molecule has 1 unspecified atom stereocenters. The summed E-state index contributed by atoms with van der Waals surface area (Å²) in [6.07, 6.45) is 0.984. The van der Waals surface area contributed by atoms with Crippen molar-refractivity contribution in [3.8, 4) is 5.75 Å². The van der Waals surface area contributed by atoms with Crippen LogP contribution in [-0.2, 0) is 17.8 Å². The van der Waals surface area contributed by atoms with Gasteiger partial charge in [-0.15, -0.1) is 0 Å². The number of rotatable bonds is 6. The van der Waals surface area contributed by atoms with Crippen LogP contribution in [0.3, 0.4) is 0 Å². The second kappa shape index (κ2) is 8.93. The van der Waals surface area contributed by atoms with Crippen molar-refractivity contribution >= 4 is 11.6 Å². The van der Waals surface area contributed by atoms with Gasteiger partial charge in [0, 0.05) is 17.5 Å². The Hall–Kier alpha value is -3.11. The molecule has 148 valence electrons. The third-order valence-corrected chi connectivity index (χ3v) is 5.50. The molecule has 0 aromatic heterocycles. The monoisotopic (exact) mass is 387 g/mol. The quantitative estimate of drug-likeness (QED) is 0.681. The number of para-hydroxylation sites is 2. The van der Waals surface area contributed by atoms with Crippen LogP contribution in [0.4, 0.5) is 5.69 Å². The predicted molar refractivity (Wildman–Crippen MR) is 115 cm³/mol. The number of carbonyl (C=O) groups is 1. The van der Waals surface area contributed by atoms with E-state index >= 15 is 0 Å². The lowest BCUT2D eigenvalue weighted by atomic mass is 9.96. The van der Waals surface area contributed by atoms with E-state index in [4.69, 9.17) is 4.74 Å². The fraction of sp³-hybridized carbons (Fsp3) is 0.240. The summed E-state index contributed by atoms with van der Waals surface area (Å²) in [5, 5.41) is 3.13. The lowest BCUT2D eigenvalue weighted by Gasteiger charge is -2.32. The number of benzene rings is 3. The smallest absolute Gasteiger partial charge is 0.287 e. The minimum Gasteiger partial charge on any atom is -0.492 e. The van der Waals surface area contributed by atoms with Crippen LogP contribution in [0.15, 0.2) is 78.9 Å². The Kier molecular flexibility index (Phi) is 5.92. The second-order valence-corrected chi connectivity index (χ2v) is 7.37. The summed E-state index contributed by atoms with van der Waals surface area (Å²) in [7, 11) is 0. The van der Waals surface area contributed by atoms with Gasteiger partial charge in [0.05, 0.1) is 18.8 Å². The Bertz CT molecular complexity index is 971. The van der Waals surface area contributed by atoms with Crippen LogP contribution in [0.2, 0.25) is 0 Å². The molecule has 4 nitrogen and oxygen atoms in total. The van der Waals surface area contributed by atoms with Crippen molar-refractivity contribution in [3.05, 3.63) is 95.6 Å². The van der Waals surface area contributed by atoms with Gasteiger partial charge in [-0.25, -0.2) is 0 Å². The average molecular weight is 388 g/mol. The lowest BCUT2D eigenvalue weighted by molar-refractivity contribution is -0.937. The van der Waals surface area contributed by atoms with E-state index in [9.17, 15) is 4.79 Å². The average Bonchev–Trinajstić information content (AvgIpc) is 2.76. The minimum atomic E-state index is -0.278. The Morgan fingerprint density at radius 1 is 0.966 bits per heavy atom. The van der Waals surface area contributed by atoms with Gasteiger partial charge in [0.2, 0.25) is 0 Å². The van der Waals surface area contributed by atoms with Crippen molar-refractivity contribution in [2.24, 2.45) is 0 Å². The van der Waals surface area contributed by atoms with E-state index in [0.717, 1.165) is 30.8 Å². The van der Waals surface area contributed by atoms with Crippen molar-refractivity contribution in [1.82, 2.24) is 0 Å². The van der Waals surface area contributed by atoms with E-state index in [1.54, 1.807) is 0 Å². The Morgan fingerprint density at radius 2 is 1.66 bits per heavy atom. The molecule has 4 heteroatoms. The number of quaternary nitrogens is 1. The maximum absolute atomic E-state index is 13.5. The first kappa shape index (κ1) is 19.2. The fourth-order valence-corrected chi connectivity index (χ4v) is 4.12. The molecule has 4 rings (SSSR count). The van der Waals surface area contributed by atoms with Gasteiger partial charge in [-0.1, -0.05) is 66.7 Å². The van der Waals surface area contributed by atoms with Crippen LogP contribution < -0.4 is 15.0 Å². The van der Waals surface area contributed by atoms with Crippen molar-refractivity contribution < 1.29 is 14.4 Å². The molecule has 0 spiro atoms. The molecule has 2 atom stereocenters. The van der Waals surface area contributed by atoms with E-state index < -0.39 is 0 Å². The normalized spacial score (nSPS) is 16.5. The SMILES string of the molecule is CCOc1ccccc1NC(=O)[C@@H](c1ccccc1)[NH+]1CCc2ccccc2C1.